The van der Waals surface area contributed by atoms with Gasteiger partial charge in [0.2, 0.25) is 0 Å². The molecule has 0 aliphatic carbocycles. The Morgan fingerprint density at radius 3 is 1.86 bits per heavy atom. The third-order valence-corrected chi connectivity index (χ3v) is 2.75. The van der Waals surface area contributed by atoms with Crippen LogP contribution in [0, 0.1) is 0 Å². The van der Waals surface area contributed by atoms with Crippen LogP contribution < -0.4 is 11.5 Å². The van der Waals surface area contributed by atoms with Gasteiger partial charge in [-0.1, -0.05) is 26.0 Å². The van der Waals surface area contributed by atoms with Gasteiger partial charge in [0.25, 0.3) is 0 Å². The standard InChI is InChI=1S/C8H12N2.C8H10N2.CH4O/c2*1-6(2)7-3-4-10-8(9)5-7;1-2/h3-6H,1-2H3,(H2,9,10);3-5H,1H2,2H3,(H2,9,10);2H,1H3. The predicted octanol–water partition coefficient (Wildman–Crippen LogP) is 3.09. The molecular weight excluding hydrogens is 276 g/mol. The third kappa shape index (κ3) is 7.40. The third-order valence-electron chi connectivity index (χ3n) is 2.75. The molecule has 0 aliphatic rings. The zero-order valence-electron chi connectivity index (χ0n) is 13.7. The first-order valence-corrected chi connectivity index (χ1v) is 6.93. The number of aliphatic hydroxyl groups excluding tert-OH is 1. The minimum absolute atomic E-state index is 0.533. The zero-order valence-corrected chi connectivity index (χ0v) is 13.7. The molecule has 0 bridgehead atoms. The van der Waals surface area contributed by atoms with Gasteiger partial charge in [-0.2, -0.15) is 0 Å². The van der Waals surface area contributed by atoms with Crippen LogP contribution in [0.25, 0.3) is 5.57 Å². The number of nitrogen functional groups attached to an aromatic ring is 2. The fourth-order valence-electron chi connectivity index (χ4n) is 1.54. The van der Waals surface area contributed by atoms with Gasteiger partial charge in [-0.05, 0) is 48.2 Å². The monoisotopic (exact) mass is 302 g/mol. The average Bonchev–Trinajstić information content (AvgIpc) is 2.50. The summed E-state index contributed by atoms with van der Waals surface area (Å²) in [6.07, 6.45) is 3.42. The first-order valence-electron chi connectivity index (χ1n) is 6.93. The number of hydrogen-bond donors (Lipinski definition) is 3. The average molecular weight is 302 g/mol. The summed E-state index contributed by atoms with van der Waals surface area (Å²) in [5.74, 6) is 1.68. The van der Waals surface area contributed by atoms with Gasteiger partial charge >= 0.3 is 0 Å². The van der Waals surface area contributed by atoms with Crippen LogP contribution in [0.4, 0.5) is 11.6 Å². The van der Waals surface area contributed by atoms with Crippen molar-refractivity contribution in [2.24, 2.45) is 0 Å². The number of nitrogens with two attached hydrogens (primary N) is 2. The highest BCUT2D eigenvalue weighted by atomic mass is 16.2. The van der Waals surface area contributed by atoms with Crippen molar-refractivity contribution in [1.29, 1.82) is 0 Å². The largest absolute Gasteiger partial charge is 0.400 e. The van der Waals surface area contributed by atoms with Crippen LogP contribution in [0.3, 0.4) is 0 Å². The zero-order chi connectivity index (χ0) is 17.1. The van der Waals surface area contributed by atoms with Gasteiger partial charge in [-0.3, -0.25) is 0 Å². The van der Waals surface area contributed by atoms with E-state index in [0.717, 1.165) is 18.2 Å². The molecule has 0 spiro atoms. The van der Waals surface area contributed by atoms with E-state index in [1.165, 1.54) is 5.56 Å². The summed E-state index contributed by atoms with van der Waals surface area (Å²) in [5, 5.41) is 7.00. The molecule has 0 saturated carbocycles. The molecule has 2 aromatic rings. The van der Waals surface area contributed by atoms with Gasteiger partial charge in [0, 0.05) is 19.5 Å². The van der Waals surface area contributed by atoms with Gasteiger partial charge in [0.05, 0.1) is 0 Å². The molecule has 0 amide bonds. The Kier molecular flexibility index (Phi) is 9.22. The lowest BCUT2D eigenvalue weighted by molar-refractivity contribution is 0.399. The quantitative estimate of drug-likeness (QED) is 0.792. The summed E-state index contributed by atoms with van der Waals surface area (Å²) in [7, 11) is 1.00. The van der Waals surface area contributed by atoms with E-state index < -0.39 is 0 Å². The van der Waals surface area contributed by atoms with E-state index in [4.69, 9.17) is 16.6 Å². The van der Waals surface area contributed by atoms with Crippen molar-refractivity contribution in [1.82, 2.24) is 9.97 Å². The van der Waals surface area contributed by atoms with Crippen molar-refractivity contribution >= 4 is 17.2 Å². The number of hydrogen-bond acceptors (Lipinski definition) is 5. The van der Waals surface area contributed by atoms with Crippen molar-refractivity contribution in [2.75, 3.05) is 18.6 Å². The van der Waals surface area contributed by atoms with Crippen molar-refractivity contribution in [2.45, 2.75) is 26.7 Å². The minimum atomic E-state index is 0.533. The molecule has 2 heterocycles. The maximum Gasteiger partial charge on any atom is 0.123 e. The normalized spacial score (nSPS) is 9.18. The van der Waals surface area contributed by atoms with Crippen molar-refractivity contribution in [3.05, 3.63) is 54.4 Å². The van der Waals surface area contributed by atoms with Crippen LogP contribution in [0.15, 0.2) is 43.2 Å². The Morgan fingerprint density at radius 2 is 1.55 bits per heavy atom. The number of allylic oxidation sites excluding steroid dienone is 1. The number of aliphatic hydroxyl groups is 1. The number of pyridine rings is 2. The second-order valence-electron chi connectivity index (χ2n) is 4.92. The van der Waals surface area contributed by atoms with Crippen LogP contribution in [0.1, 0.15) is 37.8 Å². The van der Waals surface area contributed by atoms with E-state index in [1.807, 2.05) is 31.2 Å². The summed E-state index contributed by atoms with van der Waals surface area (Å²) >= 11 is 0. The van der Waals surface area contributed by atoms with E-state index >= 15 is 0 Å². The highest BCUT2D eigenvalue weighted by Gasteiger charge is 1.97. The lowest BCUT2D eigenvalue weighted by Crippen LogP contribution is -1.93. The van der Waals surface area contributed by atoms with E-state index in [0.29, 0.717) is 17.6 Å². The minimum Gasteiger partial charge on any atom is -0.400 e. The lowest BCUT2D eigenvalue weighted by Gasteiger charge is -2.03. The number of nitrogens with zero attached hydrogens (tertiary/aromatic N) is 2. The van der Waals surface area contributed by atoms with Crippen LogP contribution in [0.2, 0.25) is 0 Å². The highest BCUT2D eigenvalue weighted by molar-refractivity contribution is 5.62. The van der Waals surface area contributed by atoms with Crippen LogP contribution >= 0.6 is 0 Å². The molecule has 0 saturated heterocycles. The molecule has 2 aromatic heterocycles. The molecule has 5 nitrogen and oxygen atoms in total. The smallest absolute Gasteiger partial charge is 0.123 e. The van der Waals surface area contributed by atoms with Gasteiger partial charge in [-0.15, -0.1) is 0 Å². The Morgan fingerprint density at radius 1 is 1.05 bits per heavy atom. The molecule has 0 atom stereocenters. The molecule has 5 heteroatoms. The van der Waals surface area contributed by atoms with Crippen molar-refractivity contribution < 1.29 is 5.11 Å². The molecule has 2 rings (SSSR count). The Balaban J connectivity index is 0.000000360. The van der Waals surface area contributed by atoms with E-state index in [1.54, 1.807) is 12.4 Å². The summed E-state index contributed by atoms with van der Waals surface area (Å²) in [5.41, 5.74) is 14.2. The summed E-state index contributed by atoms with van der Waals surface area (Å²) in [6.45, 7) is 9.99. The molecule has 22 heavy (non-hydrogen) atoms. The summed E-state index contributed by atoms with van der Waals surface area (Å²) in [4.78, 5) is 7.76. The van der Waals surface area contributed by atoms with Gasteiger partial charge in [0.1, 0.15) is 11.6 Å². The Hall–Kier alpha value is -2.40. The number of anilines is 2. The topological polar surface area (TPSA) is 98.0 Å². The molecule has 5 N–H and O–H groups in total. The second-order valence-corrected chi connectivity index (χ2v) is 4.92. The molecule has 0 fully saturated rings. The van der Waals surface area contributed by atoms with E-state index in [2.05, 4.69) is 30.4 Å². The van der Waals surface area contributed by atoms with Crippen LogP contribution in [-0.4, -0.2) is 22.2 Å². The van der Waals surface area contributed by atoms with Gasteiger partial charge in [-0.25, -0.2) is 9.97 Å². The van der Waals surface area contributed by atoms with Gasteiger partial charge in [0.15, 0.2) is 0 Å². The molecule has 0 unspecified atom stereocenters. The van der Waals surface area contributed by atoms with Crippen LogP contribution in [0.5, 0.6) is 0 Å². The molecule has 0 aromatic carbocycles. The van der Waals surface area contributed by atoms with E-state index in [9.17, 15) is 0 Å². The summed E-state index contributed by atoms with van der Waals surface area (Å²) in [6, 6.07) is 7.59. The number of rotatable bonds is 2. The molecular formula is C17H26N4O. The SMILES string of the molecule is C=C(C)c1ccnc(N)c1.CC(C)c1ccnc(N)c1.CO. The molecule has 0 aliphatic heterocycles. The Labute approximate surface area is 132 Å². The maximum absolute atomic E-state index is 7.00. The van der Waals surface area contributed by atoms with Crippen molar-refractivity contribution in [3.63, 3.8) is 0 Å². The van der Waals surface area contributed by atoms with Crippen molar-refractivity contribution in [3.8, 4) is 0 Å². The highest BCUT2D eigenvalue weighted by Crippen LogP contribution is 2.14. The Bertz CT molecular complexity index is 582. The second kappa shape index (κ2) is 10.3. The first-order chi connectivity index (χ1) is 10.4. The number of aromatic nitrogens is 2. The fraction of sp³-hybridized carbons (Fsp3) is 0.294. The first kappa shape index (κ1) is 19.6. The maximum atomic E-state index is 7.00. The lowest BCUT2D eigenvalue weighted by atomic mass is 10.1. The van der Waals surface area contributed by atoms with Gasteiger partial charge < -0.3 is 16.6 Å². The summed E-state index contributed by atoms with van der Waals surface area (Å²) < 4.78 is 0. The fourth-order valence-corrected chi connectivity index (χ4v) is 1.54. The molecule has 0 radical (unpaired) electrons. The van der Waals surface area contributed by atoms with E-state index in [-0.39, 0.29) is 0 Å². The predicted molar refractivity (Wildman–Crippen MR) is 94.2 cm³/mol. The van der Waals surface area contributed by atoms with Crippen LogP contribution in [-0.2, 0) is 0 Å². The molecule has 120 valence electrons.